The minimum Gasteiger partial charge on any atom is -0.463 e. The summed E-state index contributed by atoms with van der Waals surface area (Å²) < 4.78 is 54.6. The molecule has 35 heavy (non-hydrogen) atoms. The van der Waals surface area contributed by atoms with Gasteiger partial charge in [-0.3, -0.25) is 19.7 Å². The number of aliphatic hydroxyl groups is 1. The number of ether oxygens (including phenoxy) is 3. The number of nitrogens with two attached hydrogens (primary N) is 1. The normalized spacial score (nSPS) is 21.5. The Morgan fingerprint density at radius 2 is 1.74 bits per heavy atom. The minimum absolute atomic E-state index is 0.0310. The van der Waals surface area contributed by atoms with Crippen molar-refractivity contribution in [2.45, 2.75) is 70.4 Å². The predicted octanol–water partition coefficient (Wildman–Crippen LogP) is 0.301. The van der Waals surface area contributed by atoms with Crippen molar-refractivity contribution in [3.63, 3.8) is 0 Å². The average Bonchev–Trinajstić information content (AvgIpc) is 3.28. The Hall–Kier alpha value is -1.80. The van der Waals surface area contributed by atoms with Gasteiger partial charge in [0.25, 0.3) is 0 Å². The van der Waals surface area contributed by atoms with E-state index in [0.717, 1.165) is 0 Å². The Kier molecular flexibility index (Phi) is 11.6. The van der Waals surface area contributed by atoms with Crippen LogP contribution in [0.4, 0.5) is 13.2 Å². The van der Waals surface area contributed by atoms with Crippen LogP contribution in [0.2, 0.25) is 0 Å². The number of ketones is 1. The molecule has 204 valence electrons. The van der Waals surface area contributed by atoms with Gasteiger partial charge in [0.2, 0.25) is 5.91 Å². The fourth-order valence-corrected chi connectivity index (χ4v) is 3.69. The van der Waals surface area contributed by atoms with Gasteiger partial charge in [-0.15, -0.1) is 0 Å². The summed E-state index contributed by atoms with van der Waals surface area (Å²) in [6.07, 6.45) is -7.45. The summed E-state index contributed by atoms with van der Waals surface area (Å²) in [5, 5.41) is 14.7. The van der Waals surface area contributed by atoms with Crippen LogP contribution in [0, 0.1) is 11.3 Å². The lowest BCUT2D eigenvalue weighted by molar-refractivity contribution is -0.215. The van der Waals surface area contributed by atoms with Crippen molar-refractivity contribution in [3.8, 4) is 0 Å². The van der Waals surface area contributed by atoms with Crippen molar-refractivity contribution in [3.05, 3.63) is 0 Å². The molecule has 0 aromatic rings. The molecule has 1 saturated heterocycles. The Morgan fingerprint density at radius 1 is 1.14 bits per heavy atom. The average molecular weight is 514 g/mol. The number of rotatable bonds is 14. The standard InChI is InChI=1S/C22H38F3N3O7/c1-13(2)14(16(29)22(23,24)25)28-18(31)21(7-6-8-27-21)17(30)15(26)20(3,4)19(32)35-12-11-34-10-9-33-5/h13-16,27,29H,6-12,26H2,1-5H3,(H,28,31)/t14?,15-,16?,21+/m1/s1. The summed E-state index contributed by atoms with van der Waals surface area (Å²) in [5.74, 6) is -3.48. The lowest BCUT2D eigenvalue weighted by Crippen LogP contribution is -2.68. The Balaban J connectivity index is 2.99. The number of amides is 1. The maximum absolute atomic E-state index is 13.4. The smallest absolute Gasteiger partial charge is 0.416 e. The molecular weight excluding hydrogens is 475 g/mol. The first-order valence-electron chi connectivity index (χ1n) is 11.5. The van der Waals surface area contributed by atoms with Crippen LogP contribution in [0.5, 0.6) is 0 Å². The fourth-order valence-electron chi connectivity index (χ4n) is 3.69. The molecule has 1 amide bonds. The quantitative estimate of drug-likeness (QED) is 0.146. The summed E-state index contributed by atoms with van der Waals surface area (Å²) in [6.45, 7) is 6.49. The highest BCUT2D eigenvalue weighted by Crippen LogP contribution is 2.31. The third-order valence-electron chi connectivity index (χ3n) is 6.13. The van der Waals surface area contributed by atoms with Crippen molar-refractivity contribution >= 4 is 17.7 Å². The highest BCUT2D eigenvalue weighted by molar-refractivity contribution is 6.14. The second-order valence-electron chi connectivity index (χ2n) is 9.47. The summed E-state index contributed by atoms with van der Waals surface area (Å²) in [4.78, 5) is 39.3. The minimum atomic E-state index is -4.97. The van der Waals surface area contributed by atoms with Gasteiger partial charge in [0, 0.05) is 7.11 Å². The maximum atomic E-state index is 13.4. The van der Waals surface area contributed by atoms with Crippen molar-refractivity contribution in [1.82, 2.24) is 10.6 Å². The fraction of sp³-hybridized carbons (Fsp3) is 0.864. The van der Waals surface area contributed by atoms with E-state index in [1.54, 1.807) is 0 Å². The molecule has 5 N–H and O–H groups in total. The van der Waals surface area contributed by atoms with E-state index >= 15 is 0 Å². The van der Waals surface area contributed by atoms with Crippen molar-refractivity contribution in [2.75, 3.05) is 40.1 Å². The van der Waals surface area contributed by atoms with Gasteiger partial charge in [0.15, 0.2) is 17.4 Å². The van der Waals surface area contributed by atoms with E-state index in [4.69, 9.17) is 19.9 Å². The number of carbonyl (C=O) groups is 3. The second kappa shape index (κ2) is 12.9. The molecule has 1 heterocycles. The number of esters is 1. The monoisotopic (exact) mass is 513 g/mol. The summed E-state index contributed by atoms with van der Waals surface area (Å²) in [7, 11) is 1.51. The van der Waals surface area contributed by atoms with Gasteiger partial charge in [-0.25, -0.2) is 0 Å². The largest absolute Gasteiger partial charge is 0.463 e. The van der Waals surface area contributed by atoms with E-state index in [-0.39, 0.29) is 26.2 Å². The number of nitrogens with one attached hydrogen (secondary N) is 2. The van der Waals surface area contributed by atoms with Crippen LogP contribution in [0.3, 0.4) is 0 Å². The first kappa shape index (κ1) is 31.2. The molecule has 0 bridgehead atoms. The number of methoxy groups -OCH3 is 1. The summed E-state index contributed by atoms with van der Waals surface area (Å²) >= 11 is 0. The first-order chi connectivity index (χ1) is 16.1. The van der Waals surface area contributed by atoms with E-state index < -0.39 is 58.9 Å². The van der Waals surface area contributed by atoms with Crippen molar-refractivity contribution in [2.24, 2.45) is 17.1 Å². The number of alkyl halides is 3. The van der Waals surface area contributed by atoms with E-state index in [0.29, 0.717) is 19.6 Å². The molecule has 4 atom stereocenters. The molecule has 1 aliphatic heterocycles. The van der Waals surface area contributed by atoms with Gasteiger partial charge in [0.05, 0.1) is 37.3 Å². The zero-order valence-corrected chi connectivity index (χ0v) is 20.9. The SMILES string of the molecule is COCCOCCOC(=O)C(C)(C)[C@H](N)C(=O)[C@]1(C(=O)NC(C(C)C)C(O)C(F)(F)F)CCCN1. The topological polar surface area (TPSA) is 149 Å². The van der Waals surface area contributed by atoms with Gasteiger partial charge >= 0.3 is 12.1 Å². The Labute approximate surface area is 203 Å². The molecule has 0 spiro atoms. The van der Waals surface area contributed by atoms with Gasteiger partial charge in [-0.2, -0.15) is 13.2 Å². The van der Waals surface area contributed by atoms with Crippen molar-refractivity contribution < 1.29 is 46.9 Å². The van der Waals surface area contributed by atoms with Gasteiger partial charge in [-0.1, -0.05) is 13.8 Å². The molecule has 0 saturated carbocycles. The number of aliphatic hydroxyl groups excluding tert-OH is 1. The van der Waals surface area contributed by atoms with Crippen LogP contribution in [0.25, 0.3) is 0 Å². The maximum Gasteiger partial charge on any atom is 0.416 e. The summed E-state index contributed by atoms with van der Waals surface area (Å²) in [6, 6.07) is -3.20. The van der Waals surface area contributed by atoms with E-state index in [1.165, 1.54) is 34.8 Å². The van der Waals surface area contributed by atoms with Crippen LogP contribution in [-0.2, 0) is 28.6 Å². The molecule has 0 radical (unpaired) electrons. The Bertz CT molecular complexity index is 726. The van der Waals surface area contributed by atoms with E-state index in [2.05, 4.69) is 10.6 Å². The zero-order chi connectivity index (χ0) is 27.0. The molecule has 0 aromatic heterocycles. The predicted molar refractivity (Wildman–Crippen MR) is 119 cm³/mol. The zero-order valence-electron chi connectivity index (χ0n) is 20.9. The van der Waals surface area contributed by atoms with Crippen LogP contribution < -0.4 is 16.4 Å². The number of halogens is 3. The van der Waals surface area contributed by atoms with Crippen LogP contribution >= 0.6 is 0 Å². The van der Waals surface area contributed by atoms with Crippen LogP contribution in [0.1, 0.15) is 40.5 Å². The molecule has 0 aliphatic carbocycles. The molecule has 1 rings (SSSR count). The third-order valence-corrected chi connectivity index (χ3v) is 6.13. The van der Waals surface area contributed by atoms with Crippen LogP contribution in [0.15, 0.2) is 0 Å². The van der Waals surface area contributed by atoms with Crippen molar-refractivity contribution in [1.29, 1.82) is 0 Å². The molecule has 13 heteroatoms. The third kappa shape index (κ3) is 7.84. The molecule has 0 aromatic carbocycles. The van der Waals surface area contributed by atoms with E-state index in [1.807, 2.05) is 0 Å². The van der Waals surface area contributed by atoms with Gasteiger partial charge < -0.3 is 30.4 Å². The number of hydrogen-bond donors (Lipinski definition) is 4. The van der Waals surface area contributed by atoms with Gasteiger partial charge in [-0.05, 0) is 39.2 Å². The molecule has 2 unspecified atom stereocenters. The highest BCUT2D eigenvalue weighted by atomic mass is 19.4. The lowest BCUT2D eigenvalue weighted by Gasteiger charge is -2.37. The molecular formula is C22H38F3N3O7. The first-order valence-corrected chi connectivity index (χ1v) is 11.5. The molecule has 1 aliphatic rings. The molecule has 10 nitrogen and oxygen atoms in total. The van der Waals surface area contributed by atoms with E-state index in [9.17, 15) is 32.7 Å². The number of carbonyl (C=O) groups excluding carboxylic acids is 3. The summed E-state index contributed by atoms with van der Waals surface area (Å²) in [5.41, 5.74) is 2.64. The molecule has 1 fully saturated rings. The Morgan fingerprint density at radius 3 is 2.23 bits per heavy atom. The second-order valence-corrected chi connectivity index (χ2v) is 9.47. The lowest BCUT2D eigenvalue weighted by atomic mass is 9.75. The van der Waals surface area contributed by atoms with Crippen LogP contribution in [-0.4, -0.2) is 92.8 Å². The number of hydrogen-bond acceptors (Lipinski definition) is 9. The highest BCUT2D eigenvalue weighted by Gasteiger charge is 2.55. The number of Topliss-reactive ketones (excluding diaryl/α,β-unsaturated/α-hetero) is 1. The van der Waals surface area contributed by atoms with Gasteiger partial charge in [0.1, 0.15) is 6.61 Å².